The van der Waals surface area contributed by atoms with Crippen LogP contribution in [0.1, 0.15) is 27.2 Å². The fraction of sp³-hybridized carbons (Fsp3) is 0.714. The van der Waals surface area contributed by atoms with Gasteiger partial charge in [-0.05, 0) is 12.3 Å². The summed E-state index contributed by atoms with van der Waals surface area (Å²) in [5.74, 6) is -1.11. The number of hydrogen-bond donors (Lipinski definition) is 0. The van der Waals surface area contributed by atoms with Crippen LogP contribution in [0.15, 0.2) is 0 Å². The average molecular weight is 247 g/mol. The molecule has 0 aromatic carbocycles. The van der Waals surface area contributed by atoms with Gasteiger partial charge in [0.15, 0.2) is 0 Å². The first-order chi connectivity index (χ1) is 4.91. The van der Waals surface area contributed by atoms with Gasteiger partial charge in [0, 0.05) is 38.6 Å². The monoisotopic (exact) mass is 247 g/mol. The Bertz CT molecular complexity index is 137. The van der Waals surface area contributed by atoms with E-state index < -0.39 is 11.8 Å². The van der Waals surface area contributed by atoms with Crippen LogP contribution in [0.5, 0.6) is 0 Å². The van der Waals surface area contributed by atoms with Gasteiger partial charge >= 0.3 is 0 Å². The third-order valence-corrected chi connectivity index (χ3v) is 0.845. The van der Waals surface area contributed by atoms with E-state index in [1.807, 2.05) is 0 Å². The van der Waals surface area contributed by atoms with Crippen LogP contribution in [0.2, 0.25) is 0 Å². The molecule has 0 bridgehead atoms. The Hall–Kier alpha value is 0.0439. The van der Waals surface area contributed by atoms with Gasteiger partial charge in [0.05, 0.1) is 5.91 Å². The molecular weight excluding hydrogens is 233 g/mol. The molecule has 1 radical (unpaired) electrons. The van der Waals surface area contributed by atoms with E-state index in [4.69, 9.17) is 11.5 Å². The van der Waals surface area contributed by atoms with Gasteiger partial charge in [0.1, 0.15) is 0 Å². The zero-order valence-electron chi connectivity index (χ0n) is 7.68. The number of amides is 2. The Labute approximate surface area is 98.3 Å². The second-order valence-electron chi connectivity index (χ2n) is 2.30. The van der Waals surface area contributed by atoms with Crippen LogP contribution in [0.25, 0.3) is 11.5 Å². The Morgan fingerprint density at radius 2 is 1.42 bits per heavy atom. The van der Waals surface area contributed by atoms with Crippen molar-refractivity contribution in [2.75, 3.05) is 0 Å². The second kappa shape index (κ2) is 11.0. The molecule has 0 rings (SSSR count). The van der Waals surface area contributed by atoms with Crippen molar-refractivity contribution in [3.8, 4) is 0 Å². The molecule has 0 spiro atoms. The topological polar surface area (TPSA) is 81.7 Å². The molecule has 0 aliphatic heterocycles. The van der Waals surface area contributed by atoms with Gasteiger partial charge in [-0.1, -0.05) is 20.8 Å². The smallest absolute Gasteiger partial charge is 0.0513 e. The van der Waals surface area contributed by atoms with Crippen molar-refractivity contribution in [3.05, 3.63) is 11.5 Å². The Morgan fingerprint density at radius 3 is 1.42 bits per heavy atom. The third kappa shape index (κ3) is 22.5. The Balaban J connectivity index is -0.000000126. The van der Waals surface area contributed by atoms with Crippen molar-refractivity contribution in [1.82, 2.24) is 0 Å². The van der Waals surface area contributed by atoms with Crippen molar-refractivity contribution in [2.24, 2.45) is 5.92 Å². The maximum Gasteiger partial charge on any atom is 0.0513 e. The fourth-order valence-corrected chi connectivity index (χ4v) is 0. The van der Waals surface area contributed by atoms with E-state index in [1.54, 1.807) is 20.8 Å². The van der Waals surface area contributed by atoms with Gasteiger partial charge in [-0.2, -0.15) is 0 Å². The molecule has 0 unspecified atom stereocenters. The summed E-state index contributed by atoms with van der Waals surface area (Å²) >= 11 is 0. The van der Waals surface area contributed by atoms with Crippen LogP contribution in [0.3, 0.4) is 0 Å². The summed E-state index contributed by atoms with van der Waals surface area (Å²) in [4.78, 5) is 19.3. The third-order valence-electron chi connectivity index (χ3n) is 0.845. The molecule has 0 aliphatic rings. The summed E-state index contributed by atoms with van der Waals surface area (Å²) in [6.07, 6.45) is 0.333. The van der Waals surface area contributed by atoms with Crippen molar-refractivity contribution in [2.45, 2.75) is 27.2 Å². The molecular formula is C7H14N2O2Y-2. The summed E-state index contributed by atoms with van der Waals surface area (Å²) in [6, 6.07) is 0. The number of nitrogens with one attached hydrogen (secondary N) is 2. The molecule has 2 N–H and O–H groups in total. The summed E-state index contributed by atoms with van der Waals surface area (Å²) in [6.45, 7) is 5.07. The minimum atomic E-state index is -0.495. The molecule has 0 aliphatic carbocycles. The predicted octanol–water partition coefficient (Wildman–Crippen LogP) is 2.19. The van der Waals surface area contributed by atoms with E-state index in [1.165, 1.54) is 0 Å². The van der Waals surface area contributed by atoms with Crippen molar-refractivity contribution in [3.63, 3.8) is 0 Å². The van der Waals surface area contributed by atoms with Gasteiger partial charge in [-0.15, -0.1) is 0 Å². The minimum Gasteiger partial charge on any atom is -0.668 e. The fourth-order valence-electron chi connectivity index (χ4n) is 0. The van der Waals surface area contributed by atoms with Gasteiger partial charge < -0.3 is 21.1 Å². The van der Waals surface area contributed by atoms with Crippen molar-refractivity contribution in [1.29, 1.82) is 0 Å². The molecule has 0 atom stereocenters. The zero-order chi connectivity index (χ0) is 9.44. The number of carbonyl (C=O) groups excluding carboxylic acids is 2. The summed E-state index contributed by atoms with van der Waals surface area (Å²) in [5, 5.41) is 0. The largest absolute Gasteiger partial charge is 0.668 e. The molecule has 0 heterocycles. The maximum absolute atomic E-state index is 9.81. The van der Waals surface area contributed by atoms with E-state index in [0.29, 0.717) is 6.42 Å². The molecule has 0 saturated heterocycles. The first-order valence-corrected chi connectivity index (χ1v) is 3.41. The van der Waals surface area contributed by atoms with Crippen LogP contribution in [0, 0.1) is 5.92 Å². The second-order valence-corrected chi connectivity index (χ2v) is 2.30. The zero-order valence-corrected chi connectivity index (χ0v) is 10.5. The molecule has 0 aromatic heterocycles. The van der Waals surface area contributed by atoms with Gasteiger partial charge in [0.25, 0.3) is 0 Å². The Morgan fingerprint density at radius 1 is 1.25 bits per heavy atom. The molecule has 0 aromatic rings. The molecule has 4 nitrogen and oxygen atoms in total. The average Bonchev–Trinajstić information content (AvgIpc) is 1.89. The summed E-state index contributed by atoms with van der Waals surface area (Å²) in [5.41, 5.74) is 12.6. The van der Waals surface area contributed by atoms with Crippen molar-refractivity contribution < 1.29 is 42.3 Å². The van der Waals surface area contributed by atoms with Crippen LogP contribution in [-0.2, 0) is 42.3 Å². The van der Waals surface area contributed by atoms with E-state index in [0.717, 1.165) is 0 Å². The first-order valence-electron chi connectivity index (χ1n) is 3.41. The van der Waals surface area contributed by atoms with E-state index in [2.05, 4.69) is 0 Å². The number of hydrogen-bond acceptors (Lipinski definition) is 2. The van der Waals surface area contributed by atoms with Crippen LogP contribution >= 0.6 is 0 Å². The summed E-state index contributed by atoms with van der Waals surface area (Å²) in [7, 11) is 0. The molecule has 12 heavy (non-hydrogen) atoms. The number of carbonyl (C=O) groups is 2. The standard InChI is InChI=1S/C4H9NO.C3H7NO.Y/c1-3(2)4(5)6;1-2-3(4)5;/h3H,1-2H3,(H2,5,6);2H2,1H3,(H2,4,5);/p-2. The van der Waals surface area contributed by atoms with E-state index in [-0.39, 0.29) is 38.6 Å². The van der Waals surface area contributed by atoms with Crippen LogP contribution < -0.4 is 0 Å². The summed E-state index contributed by atoms with van der Waals surface area (Å²) < 4.78 is 0. The molecule has 2 amide bonds. The quantitative estimate of drug-likeness (QED) is 0.749. The molecule has 0 fully saturated rings. The van der Waals surface area contributed by atoms with E-state index >= 15 is 0 Å². The van der Waals surface area contributed by atoms with Gasteiger partial charge in [-0.3, -0.25) is 0 Å². The van der Waals surface area contributed by atoms with Gasteiger partial charge in [0.2, 0.25) is 0 Å². The van der Waals surface area contributed by atoms with Gasteiger partial charge in [-0.25, -0.2) is 0 Å². The first kappa shape index (κ1) is 18.0. The normalized spacial score (nSPS) is 7.67. The molecule has 69 valence electrons. The predicted molar refractivity (Wildman–Crippen MR) is 43.8 cm³/mol. The minimum absolute atomic E-state index is 0. The number of rotatable bonds is 2. The van der Waals surface area contributed by atoms with Crippen molar-refractivity contribution >= 4 is 11.8 Å². The molecule has 5 heteroatoms. The van der Waals surface area contributed by atoms with Crippen LogP contribution in [-0.4, -0.2) is 11.8 Å². The van der Waals surface area contributed by atoms with E-state index in [9.17, 15) is 9.59 Å². The SMILES string of the molecule is CC(C)C([NH-])=O.CCC([NH-])=O.[Y]. The Kier molecular flexibility index (Phi) is 16.5. The maximum atomic E-state index is 9.81. The van der Waals surface area contributed by atoms with Crippen LogP contribution in [0.4, 0.5) is 0 Å². The molecule has 0 saturated carbocycles.